The molecule has 1 amide bonds. The van der Waals surface area contributed by atoms with Gasteiger partial charge in [-0.25, -0.2) is 5.43 Å². The number of carbonyl (C=O) groups excluding carboxylic acids is 1. The van der Waals surface area contributed by atoms with Crippen LogP contribution in [-0.2, 0) is 4.79 Å². The molecule has 98 valence electrons. The van der Waals surface area contributed by atoms with Gasteiger partial charge in [0, 0.05) is 5.56 Å². The average molecular weight is 252 g/mol. The van der Waals surface area contributed by atoms with Crippen molar-refractivity contribution in [3.8, 4) is 11.5 Å². The predicted molar refractivity (Wildman–Crippen MR) is 67.0 cm³/mol. The quantitative estimate of drug-likeness (QED) is 0.592. The molecule has 0 saturated heterocycles. The zero-order valence-corrected chi connectivity index (χ0v) is 10.5. The van der Waals surface area contributed by atoms with Crippen LogP contribution in [0.4, 0.5) is 0 Å². The molecule has 1 unspecified atom stereocenters. The molecule has 0 aromatic heterocycles. The number of hydrogen-bond donors (Lipinski definition) is 2. The fourth-order valence-electron chi connectivity index (χ4n) is 1.20. The molecule has 0 heterocycles. The Morgan fingerprint density at radius 2 is 2.17 bits per heavy atom. The van der Waals surface area contributed by atoms with Crippen LogP contribution in [0.5, 0.6) is 11.5 Å². The second kappa shape index (κ2) is 6.61. The summed E-state index contributed by atoms with van der Waals surface area (Å²) >= 11 is 0. The number of ether oxygens (including phenoxy) is 2. The van der Waals surface area contributed by atoms with E-state index in [0.29, 0.717) is 17.1 Å². The SMILES string of the molecule is COc1ccc(OC)c(C=NNC(=O)C(C)O)c1. The van der Waals surface area contributed by atoms with Crippen LogP contribution in [0.2, 0.25) is 0 Å². The van der Waals surface area contributed by atoms with E-state index in [-0.39, 0.29) is 0 Å². The van der Waals surface area contributed by atoms with E-state index in [1.54, 1.807) is 25.3 Å². The Kier molecular flexibility index (Phi) is 5.13. The van der Waals surface area contributed by atoms with Gasteiger partial charge in [0.05, 0.1) is 20.4 Å². The number of nitrogens with zero attached hydrogens (tertiary/aromatic N) is 1. The van der Waals surface area contributed by atoms with E-state index in [9.17, 15) is 4.79 Å². The van der Waals surface area contributed by atoms with Crippen molar-refractivity contribution in [1.82, 2.24) is 5.43 Å². The third kappa shape index (κ3) is 3.74. The predicted octanol–water partition coefficient (Wildman–Crippen LogP) is 0.535. The van der Waals surface area contributed by atoms with Crippen LogP contribution in [0.25, 0.3) is 0 Å². The zero-order valence-electron chi connectivity index (χ0n) is 10.5. The number of carbonyl (C=O) groups is 1. The standard InChI is InChI=1S/C12H16N2O4/c1-8(15)12(16)14-13-7-9-6-10(17-2)4-5-11(9)18-3/h4-8,15H,1-3H3,(H,14,16). The molecule has 0 saturated carbocycles. The monoisotopic (exact) mass is 252 g/mol. The van der Waals surface area contributed by atoms with Gasteiger partial charge in [0.2, 0.25) is 0 Å². The summed E-state index contributed by atoms with van der Waals surface area (Å²) in [7, 11) is 3.09. The molecule has 0 aliphatic heterocycles. The molecule has 0 fully saturated rings. The summed E-state index contributed by atoms with van der Waals surface area (Å²) in [6.45, 7) is 1.36. The second-order valence-corrected chi connectivity index (χ2v) is 3.52. The molecule has 1 rings (SSSR count). The van der Waals surface area contributed by atoms with Gasteiger partial charge in [-0.15, -0.1) is 0 Å². The van der Waals surface area contributed by atoms with Crippen molar-refractivity contribution < 1.29 is 19.4 Å². The summed E-state index contributed by atoms with van der Waals surface area (Å²) in [5.41, 5.74) is 2.86. The Balaban J connectivity index is 2.81. The highest BCUT2D eigenvalue weighted by molar-refractivity contribution is 5.86. The van der Waals surface area contributed by atoms with Gasteiger partial charge in [0.15, 0.2) is 0 Å². The van der Waals surface area contributed by atoms with E-state index in [2.05, 4.69) is 10.5 Å². The maximum Gasteiger partial charge on any atom is 0.268 e. The lowest BCUT2D eigenvalue weighted by Gasteiger charge is -2.07. The first kappa shape index (κ1) is 14.0. The van der Waals surface area contributed by atoms with Crippen LogP contribution < -0.4 is 14.9 Å². The van der Waals surface area contributed by atoms with Crippen molar-refractivity contribution >= 4 is 12.1 Å². The lowest BCUT2D eigenvalue weighted by atomic mass is 10.2. The van der Waals surface area contributed by atoms with Gasteiger partial charge in [-0.05, 0) is 25.1 Å². The molecule has 2 N–H and O–H groups in total. The maximum atomic E-state index is 11.1. The Hall–Kier alpha value is -2.08. The lowest BCUT2D eigenvalue weighted by molar-refractivity contribution is -0.128. The normalized spacial score (nSPS) is 12.2. The highest BCUT2D eigenvalue weighted by atomic mass is 16.5. The third-order valence-corrected chi connectivity index (χ3v) is 2.19. The van der Waals surface area contributed by atoms with Crippen molar-refractivity contribution in [2.45, 2.75) is 13.0 Å². The molecule has 0 bridgehead atoms. The van der Waals surface area contributed by atoms with Gasteiger partial charge in [-0.3, -0.25) is 4.79 Å². The van der Waals surface area contributed by atoms with E-state index < -0.39 is 12.0 Å². The molecule has 1 aromatic carbocycles. The van der Waals surface area contributed by atoms with Crippen molar-refractivity contribution in [3.63, 3.8) is 0 Å². The maximum absolute atomic E-state index is 11.1. The number of amides is 1. The molecule has 0 aliphatic carbocycles. The molecule has 1 aromatic rings. The van der Waals surface area contributed by atoms with Crippen molar-refractivity contribution in [3.05, 3.63) is 23.8 Å². The minimum atomic E-state index is -1.10. The van der Waals surface area contributed by atoms with Crippen LogP contribution in [-0.4, -0.2) is 37.6 Å². The molecule has 0 spiro atoms. The highest BCUT2D eigenvalue weighted by Gasteiger charge is 2.06. The second-order valence-electron chi connectivity index (χ2n) is 3.52. The number of benzene rings is 1. The van der Waals surface area contributed by atoms with Gasteiger partial charge < -0.3 is 14.6 Å². The summed E-state index contributed by atoms with van der Waals surface area (Å²) in [6, 6.07) is 5.21. The van der Waals surface area contributed by atoms with Gasteiger partial charge in [0.1, 0.15) is 17.6 Å². The fourth-order valence-corrected chi connectivity index (χ4v) is 1.20. The van der Waals surface area contributed by atoms with Gasteiger partial charge in [-0.2, -0.15) is 5.10 Å². The Bertz CT molecular complexity index is 444. The largest absolute Gasteiger partial charge is 0.497 e. The topological polar surface area (TPSA) is 80.2 Å². The summed E-state index contributed by atoms with van der Waals surface area (Å²) in [5.74, 6) is 0.679. The van der Waals surface area contributed by atoms with E-state index in [4.69, 9.17) is 14.6 Å². The number of hydrazone groups is 1. The summed E-state index contributed by atoms with van der Waals surface area (Å²) in [6.07, 6.45) is 0.316. The summed E-state index contributed by atoms with van der Waals surface area (Å²) < 4.78 is 10.2. The van der Waals surface area contributed by atoms with Crippen LogP contribution in [0.3, 0.4) is 0 Å². The van der Waals surface area contributed by atoms with E-state index >= 15 is 0 Å². The molecule has 0 aliphatic rings. The minimum Gasteiger partial charge on any atom is -0.497 e. The van der Waals surface area contributed by atoms with Gasteiger partial charge in [-0.1, -0.05) is 0 Å². The lowest BCUT2D eigenvalue weighted by Crippen LogP contribution is -2.28. The molecule has 6 heteroatoms. The minimum absolute atomic E-state index is 0.576. The first-order valence-corrected chi connectivity index (χ1v) is 5.31. The summed E-state index contributed by atoms with van der Waals surface area (Å²) in [5, 5.41) is 12.7. The van der Waals surface area contributed by atoms with E-state index in [0.717, 1.165) is 0 Å². The fraction of sp³-hybridized carbons (Fsp3) is 0.333. The Morgan fingerprint density at radius 3 is 2.72 bits per heavy atom. The van der Waals surface area contributed by atoms with E-state index in [1.165, 1.54) is 20.2 Å². The number of rotatable bonds is 5. The Labute approximate surface area is 105 Å². The Morgan fingerprint density at radius 1 is 1.44 bits per heavy atom. The smallest absolute Gasteiger partial charge is 0.268 e. The third-order valence-electron chi connectivity index (χ3n) is 2.19. The van der Waals surface area contributed by atoms with Crippen LogP contribution in [0.1, 0.15) is 12.5 Å². The van der Waals surface area contributed by atoms with Gasteiger partial charge in [0.25, 0.3) is 5.91 Å². The molecule has 6 nitrogen and oxygen atoms in total. The molecule has 1 atom stereocenters. The molecule has 18 heavy (non-hydrogen) atoms. The van der Waals surface area contributed by atoms with Crippen molar-refractivity contribution in [2.75, 3.05) is 14.2 Å². The van der Waals surface area contributed by atoms with E-state index in [1.807, 2.05) is 0 Å². The average Bonchev–Trinajstić information content (AvgIpc) is 2.38. The van der Waals surface area contributed by atoms with Crippen molar-refractivity contribution in [2.24, 2.45) is 5.10 Å². The number of aliphatic hydroxyl groups is 1. The van der Waals surface area contributed by atoms with Crippen LogP contribution >= 0.6 is 0 Å². The van der Waals surface area contributed by atoms with Crippen LogP contribution in [0, 0.1) is 0 Å². The molecule has 0 radical (unpaired) electrons. The molecular weight excluding hydrogens is 236 g/mol. The number of hydrogen-bond acceptors (Lipinski definition) is 5. The number of methoxy groups -OCH3 is 2. The van der Waals surface area contributed by atoms with Crippen LogP contribution in [0.15, 0.2) is 23.3 Å². The molecular formula is C12H16N2O4. The zero-order chi connectivity index (χ0) is 13.5. The van der Waals surface area contributed by atoms with Gasteiger partial charge >= 0.3 is 0 Å². The number of aliphatic hydroxyl groups excluding tert-OH is 1. The first-order valence-electron chi connectivity index (χ1n) is 5.31. The highest BCUT2D eigenvalue weighted by Crippen LogP contribution is 2.22. The van der Waals surface area contributed by atoms with Crippen molar-refractivity contribution in [1.29, 1.82) is 0 Å². The number of nitrogens with one attached hydrogen (secondary N) is 1. The first-order chi connectivity index (χ1) is 8.58. The summed E-state index contributed by atoms with van der Waals surface area (Å²) in [4.78, 5) is 11.1.